The fraction of sp³-hybridized carbons (Fsp3) is 0.273. The van der Waals surface area contributed by atoms with Crippen LogP contribution in [0.2, 0.25) is 0 Å². The van der Waals surface area contributed by atoms with E-state index in [-0.39, 0.29) is 5.91 Å². The second-order valence-corrected chi connectivity index (χ2v) is 8.59. The van der Waals surface area contributed by atoms with Crippen LogP contribution in [0.3, 0.4) is 0 Å². The van der Waals surface area contributed by atoms with Crippen molar-refractivity contribution in [3.05, 3.63) is 80.7 Å². The van der Waals surface area contributed by atoms with Gasteiger partial charge >= 0.3 is 0 Å². The normalized spacial score (nSPS) is 15.6. The monoisotopic (exact) mass is 472 g/mol. The van der Waals surface area contributed by atoms with Gasteiger partial charge in [0.1, 0.15) is 12.4 Å². The van der Waals surface area contributed by atoms with Crippen molar-refractivity contribution < 1.29 is 14.3 Å². The molecular formula is C22H21BrN2O3S. The molecule has 1 N–H and O–H groups in total. The van der Waals surface area contributed by atoms with Crippen LogP contribution in [0.5, 0.6) is 5.75 Å². The number of nitrogens with one attached hydrogen (secondary N) is 1. The highest BCUT2D eigenvalue weighted by atomic mass is 79.9. The third kappa shape index (κ3) is 4.86. The van der Waals surface area contributed by atoms with Gasteiger partial charge in [-0.15, -0.1) is 11.3 Å². The lowest BCUT2D eigenvalue weighted by molar-refractivity contribution is 0.0345. The van der Waals surface area contributed by atoms with E-state index in [0.29, 0.717) is 31.1 Å². The molecule has 1 aliphatic heterocycles. The molecule has 0 unspecified atom stereocenters. The van der Waals surface area contributed by atoms with Crippen LogP contribution in [0.1, 0.15) is 34.5 Å². The van der Waals surface area contributed by atoms with Gasteiger partial charge in [0.25, 0.3) is 5.91 Å². The van der Waals surface area contributed by atoms with Crippen LogP contribution in [0.4, 0.5) is 0 Å². The quantitative estimate of drug-likeness (QED) is 0.552. The molecule has 2 heterocycles. The summed E-state index contributed by atoms with van der Waals surface area (Å²) < 4.78 is 12.3. The van der Waals surface area contributed by atoms with E-state index in [4.69, 9.17) is 9.47 Å². The number of nitrogens with zero attached hydrogens (tertiary/aromatic N) is 1. The molecule has 1 saturated heterocycles. The molecule has 5 nitrogen and oxygen atoms in total. The van der Waals surface area contributed by atoms with Crippen molar-refractivity contribution in [1.82, 2.24) is 10.3 Å². The number of rotatable bonds is 6. The molecule has 2 aromatic carbocycles. The molecule has 150 valence electrons. The van der Waals surface area contributed by atoms with E-state index in [1.54, 1.807) is 17.6 Å². The van der Waals surface area contributed by atoms with Crippen LogP contribution in [-0.2, 0) is 16.9 Å². The molecule has 1 fully saturated rings. The number of carbonyl (C=O) groups is 1. The summed E-state index contributed by atoms with van der Waals surface area (Å²) in [5, 5.41) is 5.23. The molecule has 3 aromatic rings. The number of thiazole rings is 1. The summed E-state index contributed by atoms with van der Waals surface area (Å²) in [5.41, 5.74) is 3.86. The second kappa shape index (κ2) is 9.07. The molecule has 0 aliphatic carbocycles. The summed E-state index contributed by atoms with van der Waals surface area (Å²) in [6.07, 6.45) is 1.46. The molecule has 1 aromatic heterocycles. The molecule has 0 bridgehead atoms. The Morgan fingerprint density at radius 2 is 2.03 bits per heavy atom. The van der Waals surface area contributed by atoms with Gasteiger partial charge in [-0.1, -0.05) is 34.1 Å². The Balaban J connectivity index is 1.52. The molecule has 29 heavy (non-hydrogen) atoms. The molecular weight excluding hydrogens is 452 g/mol. The van der Waals surface area contributed by atoms with Gasteiger partial charge in [0.05, 0.1) is 16.7 Å². The zero-order chi connectivity index (χ0) is 20.1. The summed E-state index contributed by atoms with van der Waals surface area (Å²) in [6, 6.07) is 15.4. The molecule has 7 heteroatoms. The van der Waals surface area contributed by atoms with Crippen LogP contribution in [-0.4, -0.2) is 24.1 Å². The lowest BCUT2D eigenvalue weighted by atomic mass is 9.82. The summed E-state index contributed by atoms with van der Waals surface area (Å²) >= 11 is 5.07. The first kappa shape index (κ1) is 20.1. The van der Waals surface area contributed by atoms with Crippen molar-refractivity contribution in [3.63, 3.8) is 0 Å². The fourth-order valence-corrected chi connectivity index (χ4v) is 4.42. The number of aromatic nitrogens is 1. The Kier molecular flexibility index (Phi) is 6.28. The number of ether oxygens (including phenoxy) is 2. The van der Waals surface area contributed by atoms with Crippen LogP contribution in [0.25, 0.3) is 0 Å². The van der Waals surface area contributed by atoms with Crippen molar-refractivity contribution in [1.29, 1.82) is 0 Å². The van der Waals surface area contributed by atoms with Crippen molar-refractivity contribution in [3.8, 4) is 5.75 Å². The van der Waals surface area contributed by atoms with Crippen LogP contribution in [0, 0.1) is 0 Å². The van der Waals surface area contributed by atoms with Crippen LogP contribution < -0.4 is 10.1 Å². The Morgan fingerprint density at radius 1 is 1.21 bits per heavy atom. The third-order valence-electron chi connectivity index (χ3n) is 5.04. The first-order chi connectivity index (χ1) is 14.1. The Morgan fingerprint density at radius 3 is 2.79 bits per heavy atom. The average Bonchev–Trinajstić information content (AvgIpc) is 3.27. The van der Waals surface area contributed by atoms with Gasteiger partial charge in [0.2, 0.25) is 0 Å². The van der Waals surface area contributed by atoms with Crippen molar-refractivity contribution in [2.45, 2.75) is 25.0 Å². The van der Waals surface area contributed by atoms with E-state index in [1.165, 1.54) is 11.3 Å². The first-order valence-electron chi connectivity index (χ1n) is 9.41. The van der Waals surface area contributed by atoms with Gasteiger partial charge in [0.15, 0.2) is 0 Å². The van der Waals surface area contributed by atoms with E-state index in [0.717, 1.165) is 28.6 Å². The molecule has 0 spiro atoms. The van der Waals surface area contributed by atoms with Crippen LogP contribution in [0.15, 0.2) is 63.9 Å². The summed E-state index contributed by atoms with van der Waals surface area (Å²) in [7, 11) is 0. The van der Waals surface area contributed by atoms with E-state index >= 15 is 0 Å². The maximum absolute atomic E-state index is 13.1. The fourth-order valence-electron chi connectivity index (χ4n) is 3.47. The molecule has 4 rings (SSSR count). The summed E-state index contributed by atoms with van der Waals surface area (Å²) in [4.78, 5) is 17.3. The smallest absolute Gasteiger partial charge is 0.252 e. The minimum atomic E-state index is -0.448. The average molecular weight is 473 g/mol. The molecule has 1 aliphatic rings. The van der Waals surface area contributed by atoms with Gasteiger partial charge in [-0.3, -0.25) is 4.79 Å². The number of hydrogen-bond acceptors (Lipinski definition) is 5. The van der Waals surface area contributed by atoms with Gasteiger partial charge < -0.3 is 14.8 Å². The second-order valence-electron chi connectivity index (χ2n) is 6.96. The number of amides is 1. The SMILES string of the molecule is O=C(NC1(c2cccc(Br)c2)CCOCC1)c1cccc(OCc2cscn2)c1. The van der Waals surface area contributed by atoms with Crippen molar-refractivity contribution in [2.24, 2.45) is 0 Å². The van der Waals surface area contributed by atoms with E-state index in [1.807, 2.05) is 29.6 Å². The Labute approximate surface area is 182 Å². The summed E-state index contributed by atoms with van der Waals surface area (Å²) in [6.45, 7) is 1.61. The number of benzene rings is 2. The molecule has 0 radical (unpaired) electrons. The minimum absolute atomic E-state index is 0.119. The van der Waals surface area contributed by atoms with Gasteiger partial charge in [-0.05, 0) is 48.7 Å². The largest absolute Gasteiger partial charge is 0.487 e. The van der Waals surface area contributed by atoms with Crippen molar-refractivity contribution >= 4 is 33.2 Å². The lowest BCUT2D eigenvalue weighted by Crippen LogP contribution is -2.49. The number of hydrogen-bond donors (Lipinski definition) is 1. The molecule has 0 atom stereocenters. The van der Waals surface area contributed by atoms with Crippen LogP contribution >= 0.6 is 27.3 Å². The molecule has 1 amide bonds. The van der Waals surface area contributed by atoms with Gasteiger partial charge in [-0.25, -0.2) is 4.98 Å². The predicted molar refractivity (Wildman–Crippen MR) is 116 cm³/mol. The number of halogens is 1. The maximum Gasteiger partial charge on any atom is 0.252 e. The van der Waals surface area contributed by atoms with E-state index in [2.05, 4.69) is 38.4 Å². The first-order valence-corrected chi connectivity index (χ1v) is 11.1. The van der Waals surface area contributed by atoms with Gasteiger partial charge in [-0.2, -0.15) is 0 Å². The maximum atomic E-state index is 13.1. The minimum Gasteiger partial charge on any atom is -0.487 e. The molecule has 0 saturated carbocycles. The highest BCUT2D eigenvalue weighted by Crippen LogP contribution is 2.34. The Bertz CT molecular complexity index is 972. The number of carbonyl (C=O) groups excluding carboxylic acids is 1. The highest BCUT2D eigenvalue weighted by molar-refractivity contribution is 9.10. The van der Waals surface area contributed by atoms with Crippen molar-refractivity contribution in [2.75, 3.05) is 13.2 Å². The van der Waals surface area contributed by atoms with Gasteiger partial charge in [0, 0.05) is 28.6 Å². The zero-order valence-electron chi connectivity index (χ0n) is 15.8. The highest BCUT2D eigenvalue weighted by Gasteiger charge is 2.36. The topological polar surface area (TPSA) is 60.5 Å². The standard InChI is InChI=1S/C22H21BrN2O3S/c23-18-5-2-4-17(12-18)22(7-9-27-10-8-22)25-21(26)16-3-1-6-20(11-16)28-13-19-14-29-15-24-19/h1-6,11-12,14-15H,7-10,13H2,(H,25,26). The van der Waals surface area contributed by atoms with E-state index in [9.17, 15) is 4.79 Å². The third-order valence-corrected chi connectivity index (χ3v) is 6.17. The zero-order valence-corrected chi connectivity index (χ0v) is 18.2. The lowest BCUT2D eigenvalue weighted by Gasteiger charge is -2.38. The predicted octanol–water partition coefficient (Wildman–Crippen LogP) is 4.92. The Hall–Kier alpha value is -2.22. The van der Waals surface area contributed by atoms with E-state index < -0.39 is 5.54 Å². The summed E-state index contributed by atoms with van der Waals surface area (Å²) in [5.74, 6) is 0.528.